The van der Waals surface area contributed by atoms with E-state index < -0.39 is 24.1 Å². The molecule has 0 aliphatic carbocycles. The quantitative estimate of drug-likeness (QED) is 0.414. The van der Waals surface area contributed by atoms with E-state index in [1.807, 2.05) is 0 Å². The Hall–Kier alpha value is -1.83. The van der Waals surface area contributed by atoms with Gasteiger partial charge in [-0.05, 0) is 0 Å². The molecule has 98 valence electrons. The first-order chi connectivity index (χ1) is 7.97. The normalized spacial score (nSPS) is 11.4. The van der Waals surface area contributed by atoms with E-state index in [0.29, 0.717) is 0 Å². The molecule has 0 aliphatic rings. The maximum Gasteiger partial charge on any atom is 0.332 e. The van der Waals surface area contributed by atoms with Crippen LogP contribution in [-0.4, -0.2) is 54.5 Å². The molecule has 0 aromatic rings. The van der Waals surface area contributed by atoms with Crippen molar-refractivity contribution >= 4 is 18.0 Å². The smallest absolute Gasteiger partial charge is 0.332 e. The second kappa shape index (κ2) is 8.34. The monoisotopic (exact) mass is 248 g/mol. The van der Waals surface area contributed by atoms with Crippen LogP contribution >= 0.6 is 0 Å². The van der Waals surface area contributed by atoms with Gasteiger partial charge in [0.15, 0.2) is 6.10 Å². The molecule has 0 bridgehead atoms. The number of carbonyl (C=O) groups is 3. The largest absolute Gasteiger partial charge is 0.479 e. The number of ether oxygens (including phenoxy) is 1. The summed E-state index contributed by atoms with van der Waals surface area (Å²) in [5.74, 6) is -1.77. The van der Waals surface area contributed by atoms with E-state index in [2.05, 4.69) is 15.4 Å². The predicted octanol–water partition coefficient (Wildman–Crippen LogP) is -1.32. The average molecular weight is 248 g/mol. The lowest BCUT2D eigenvalue weighted by molar-refractivity contribution is -0.146. The molecular formula is C9H16N2O6. The van der Waals surface area contributed by atoms with Crippen LogP contribution in [0.4, 0.5) is 4.79 Å². The number of amides is 2. The van der Waals surface area contributed by atoms with Crippen LogP contribution < -0.4 is 10.6 Å². The molecule has 0 aliphatic heterocycles. The Bertz CT molecular complexity index is 281. The number of aliphatic hydroxyl groups excluding tert-OH is 1. The standard InChI is InChI=1S/C9H16N2O6/c1-17-7(13)3-5-11-9(16)10-4-2-6(12)8(14)15/h6,12H,2-5H2,1H3,(H,14,15)(H2,10,11,16)/t6-/m0/s1. The molecule has 8 nitrogen and oxygen atoms in total. The van der Waals surface area contributed by atoms with Crippen LogP contribution in [0.3, 0.4) is 0 Å². The molecule has 17 heavy (non-hydrogen) atoms. The zero-order valence-electron chi connectivity index (χ0n) is 9.43. The molecule has 0 unspecified atom stereocenters. The van der Waals surface area contributed by atoms with Crippen molar-refractivity contribution in [2.45, 2.75) is 18.9 Å². The number of esters is 1. The van der Waals surface area contributed by atoms with Crippen molar-refractivity contribution in [3.63, 3.8) is 0 Å². The molecule has 0 saturated carbocycles. The third-order valence-corrected chi connectivity index (χ3v) is 1.83. The first kappa shape index (κ1) is 15.2. The van der Waals surface area contributed by atoms with Crippen molar-refractivity contribution < 1.29 is 29.3 Å². The van der Waals surface area contributed by atoms with Gasteiger partial charge in [0.25, 0.3) is 0 Å². The van der Waals surface area contributed by atoms with Gasteiger partial charge in [0.1, 0.15) is 0 Å². The second-order valence-corrected chi connectivity index (χ2v) is 3.15. The minimum absolute atomic E-state index is 0.0253. The van der Waals surface area contributed by atoms with Crippen molar-refractivity contribution in [3.05, 3.63) is 0 Å². The van der Waals surface area contributed by atoms with E-state index in [9.17, 15) is 14.4 Å². The third kappa shape index (κ3) is 8.03. The van der Waals surface area contributed by atoms with Crippen LogP contribution in [0, 0.1) is 0 Å². The van der Waals surface area contributed by atoms with Gasteiger partial charge >= 0.3 is 18.0 Å². The summed E-state index contributed by atoms with van der Waals surface area (Å²) in [5.41, 5.74) is 0. The highest BCUT2D eigenvalue weighted by Gasteiger charge is 2.12. The average Bonchev–Trinajstić information content (AvgIpc) is 2.28. The van der Waals surface area contributed by atoms with Crippen LogP contribution in [-0.2, 0) is 14.3 Å². The molecule has 8 heteroatoms. The number of aliphatic hydroxyl groups is 1. The number of nitrogens with one attached hydrogen (secondary N) is 2. The molecule has 0 spiro atoms. The number of methoxy groups -OCH3 is 1. The maximum absolute atomic E-state index is 11.1. The Morgan fingerprint density at radius 1 is 1.24 bits per heavy atom. The van der Waals surface area contributed by atoms with Crippen LogP contribution in [0.2, 0.25) is 0 Å². The second-order valence-electron chi connectivity index (χ2n) is 3.15. The summed E-state index contributed by atoms with van der Waals surface area (Å²) < 4.78 is 4.36. The van der Waals surface area contributed by atoms with E-state index in [-0.39, 0.29) is 25.9 Å². The minimum Gasteiger partial charge on any atom is -0.479 e. The fourth-order valence-electron chi connectivity index (χ4n) is 0.889. The van der Waals surface area contributed by atoms with Gasteiger partial charge in [-0.1, -0.05) is 0 Å². The molecule has 0 rings (SSSR count). The number of carbonyl (C=O) groups excluding carboxylic acids is 2. The van der Waals surface area contributed by atoms with Gasteiger partial charge in [0.05, 0.1) is 13.5 Å². The number of rotatable bonds is 7. The highest BCUT2D eigenvalue weighted by atomic mass is 16.5. The highest BCUT2D eigenvalue weighted by Crippen LogP contribution is 1.89. The number of carboxylic acids is 1. The molecule has 0 aromatic carbocycles. The molecular weight excluding hydrogens is 232 g/mol. The summed E-state index contributed by atoms with van der Waals surface area (Å²) in [5, 5.41) is 21.9. The van der Waals surface area contributed by atoms with Crippen molar-refractivity contribution in [1.29, 1.82) is 0 Å². The fourth-order valence-corrected chi connectivity index (χ4v) is 0.889. The third-order valence-electron chi connectivity index (χ3n) is 1.83. The van der Waals surface area contributed by atoms with E-state index in [1.54, 1.807) is 0 Å². The van der Waals surface area contributed by atoms with Crippen molar-refractivity contribution in [2.24, 2.45) is 0 Å². The minimum atomic E-state index is -1.50. The molecule has 2 amide bonds. The number of urea groups is 1. The number of carboxylic acid groups (broad SMARTS) is 1. The first-order valence-electron chi connectivity index (χ1n) is 4.96. The van der Waals surface area contributed by atoms with Crippen LogP contribution in [0.15, 0.2) is 0 Å². The molecule has 0 fully saturated rings. The summed E-state index contributed by atoms with van der Waals surface area (Å²) in [6, 6.07) is -0.536. The highest BCUT2D eigenvalue weighted by molar-refractivity contribution is 5.75. The van der Waals surface area contributed by atoms with Gasteiger partial charge in [-0.2, -0.15) is 0 Å². The molecule has 4 N–H and O–H groups in total. The van der Waals surface area contributed by atoms with Gasteiger partial charge < -0.3 is 25.6 Å². The predicted molar refractivity (Wildman–Crippen MR) is 56.3 cm³/mol. The summed E-state index contributed by atoms with van der Waals surface area (Å²) in [6.45, 7) is 0.150. The number of hydrogen-bond acceptors (Lipinski definition) is 5. The molecule has 0 aromatic heterocycles. The molecule has 0 radical (unpaired) electrons. The van der Waals surface area contributed by atoms with Gasteiger partial charge in [-0.15, -0.1) is 0 Å². The van der Waals surface area contributed by atoms with E-state index in [4.69, 9.17) is 10.2 Å². The zero-order valence-corrected chi connectivity index (χ0v) is 9.43. The van der Waals surface area contributed by atoms with Crippen LogP contribution in [0.25, 0.3) is 0 Å². The van der Waals surface area contributed by atoms with Crippen molar-refractivity contribution in [3.8, 4) is 0 Å². The van der Waals surface area contributed by atoms with Gasteiger partial charge in [-0.25, -0.2) is 9.59 Å². The van der Waals surface area contributed by atoms with Crippen LogP contribution in [0.5, 0.6) is 0 Å². The lowest BCUT2D eigenvalue weighted by atomic mass is 10.2. The summed E-state index contributed by atoms with van der Waals surface area (Å²) in [4.78, 5) is 32.0. The van der Waals surface area contributed by atoms with E-state index in [0.717, 1.165) is 0 Å². The van der Waals surface area contributed by atoms with Gasteiger partial charge in [0, 0.05) is 19.5 Å². The van der Waals surface area contributed by atoms with E-state index in [1.165, 1.54) is 7.11 Å². The summed E-state index contributed by atoms with van der Waals surface area (Å²) in [6.07, 6.45) is -1.52. The Kier molecular flexibility index (Phi) is 7.44. The fraction of sp³-hybridized carbons (Fsp3) is 0.667. The summed E-state index contributed by atoms with van der Waals surface area (Å²) in [7, 11) is 1.25. The van der Waals surface area contributed by atoms with Gasteiger partial charge in [-0.3, -0.25) is 4.79 Å². The van der Waals surface area contributed by atoms with Crippen molar-refractivity contribution in [1.82, 2.24) is 10.6 Å². The molecule has 0 saturated heterocycles. The number of aliphatic carboxylic acids is 1. The number of hydrogen-bond donors (Lipinski definition) is 4. The SMILES string of the molecule is COC(=O)CCNC(=O)NCC[C@H](O)C(=O)O. The first-order valence-corrected chi connectivity index (χ1v) is 4.96. The van der Waals surface area contributed by atoms with Crippen molar-refractivity contribution in [2.75, 3.05) is 20.2 Å². The lowest BCUT2D eigenvalue weighted by Gasteiger charge is -2.08. The maximum atomic E-state index is 11.1. The molecule has 1 atom stereocenters. The zero-order chi connectivity index (χ0) is 13.3. The Balaban J connectivity index is 3.53. The molecule has 0 heterocycles. The Labute approximate surface area is 97.9 Å². The van der Waals surface area contributed by atoms with Gasteiger partial charge in [0.2, 0.25) is 0 Å². The topological polar surface area (TPSA) is 125 Å². The Morgan fingerprint density at radius 3 is 2.35 bits per heavy atom. The lowest BCUT2D eigenvalue weighted by Crippen LogP contribution is -2.38. The summed E-state index contributed by atoms with van der Waals surface area (Å²) >= 11 is 0. The van der Waals surface area contributed by atoms with Crippen LogP contribution in [0.1, 0.15) is 12.8 Å². The Morgan fingerprint density at radius 2 is 1.82 bits per heavy atom. The van der Waals surface area contributed by atoms with E-state index >= 15 is 0 Å².